The fraction of sp³-hybridized carbons (Fsp3) is 0. The molecule has 3 aromatic rings. The molecule has 2 N–H and O–H groups in total. The van der Waals surface area contributed by atoms with Crippen molar-refractivity contribution in [2.24, 2.45) is 5.10 Å². The standard InChI is InChI=1S/C22H17N5O4/c28-21(17-6-2-1-3-7-17)25-20(14-16-9-11-19(12-10-16)27(30)31)22(29)26-24-15-18-8-4-5-13-23-18/h1-15H,(H,25,28)(H,26,29). The lowest BCUT2D eigenvalue weighted by Crippen LogP contribution is -2.32. The first-order valence-electron chi connectivity index (χ1n) is 9.10. The number of amides is 2. The maximum Gasteiger partial charge on any atom is 0.287 e. The van der Waals surface area contributed by atoms with Gasteiger partial charge in [0.2, 0.25) is 0 Å². The second-order valence-electron chi connectivity index (χ2n) is 6.18. The minimum atomic E-state index is -0.671. The van der Waals surface area contributed by atoms with Crippen LogP contribution in [0.5, 0.6) is 0 Å². The molecule has 0 aliphatic carbocycles. The number of benzene rings is 2. The number of rotatable bonds is 7. The number of aromatic nitrogens is 1. The van der Waals surface area contributed by atoms with Crippen LogP contribution in [0.4, 0.5) is 5.69 Å². The third-order valence-electron chi connectivity index (χ3n) is 3.99. The van der Waals surface area contributed by atoms with E-state index in [0.717, 1.165) is 0 Å². The predicted molar refractivity (Wildman–Crippen MR) is 115 cm³/mol. The maximum atomic E-state index is 12.6. The van der Waals surface area contributed by atoms with Crippen LogP contribution in [0, 0.1) is 10.1 Å². The number of carbonyl (C=O) groups is 2. The molecule has 0 saturated heterocycles. The monoisotopic (exact) mass is 415 g/mol. The Morgan fingerprint density at radius 1 is 0.968 bits per heavy atom. The molecule has 0 aliphatic heterocycles. The van der Waals surface area contributed by atoms with Gasteiger partial charge < -0.3 is 5.32 Å². The van der Waals surface area contributed by atoms with Gasteiger partial charge in [0.15, 0.2) is 0 Å². The van der Waals surface area contributed by atoms with E-state index in [1.807, 2.05) is 0 Å². The van der Waals surface area contributed by atoms with Crippen LogP contribution >= 0.6 is 0 Å². The molecule has 0 bridgehead atoms. The van der Waals surface area contributed by atoms with E-state index in [4.69, 9.17) is 0 Å². The number of nitrogens with one attached hydrogen (secondary N) is 2. The Morgan fingerprint density at radius 2 is 1.68 bits per heavy atom. The van der Waals surface area contributed by atoms with E-state index in [9.17, 15) is 19.7 Å². The minimum absolute atomic E-state index is 0.0825. The molecule has 9 heteroatoms. The van der Waals surface area contributed by atoms with Gasteiger partial charge in [0.1, 0.15) is 5.70 Å². The number of nitro benzene ring substituents is 1. The Morgan fingerprint density at radius 3 is 2.32 bits per heavy atom. The summed E-state index contributed by atoms with van der Waals surface area (Å²) < 4.78 is 0. The van der Waals surface area contributed by atoms with Crippen molar-refractivity contribution < 1.29 is 14.5 Å². The molecule has 2 amide bonds. The van der Waals surface area contributed by atoms with E-state index in [2.05, 4.69) is 20.8 Å². The summed E-state index contributed by atoms with van der Waals surface area (Å²) in [6.45, 7) is 0. The highest BCUT2D eigenvalue weighted by molar-refractivity contribution is 6.05. The highest BCUT2D eigenvalue weighted by Gasteiger charge is 2.14. The minimum Gasteiger partial charge on any atom is -0.317 e. The molecule has 31 heavy (non-hydrogen) atoms. The zero-order valence-electron chi connectivity index (χ0n) is 16.1. The van der Waals surface area contributed by atoms with E-state index in [0.29, 0.717) is 16.8 Å². The second-order valence-corrected chi connectivity index (χ2v) is 6.18. The van der Waals surface area contributed by atoms with Crippen LogP contribution in [0.25, 0.3) is 6.08 Å². The molecule has 0 radical (unpaired) electrons. The summed E-state index contributed by atoms with van der Waals surface area (Å²) in [7, 11) is 0. The molecular formula is C22H17N5O4. The first-order chi connectivity index (χ1) is 15.0. The first-order valence-corrected chi connectivity index (χ1v) is 9.10. The van der Waals surface area contributed by atoms with Crippen LogP contribution in [-0.2, 0) is 4.79 Å². The van der Waals surface area contributed by atoms with Gasteiger partial charge in [-0.15, -0.1) is 0 Å². The van der Waals surface area contributed by atoms with Crippen LogP contribution < -0.4 is 10.7 Å². The highest BCUT2D eigenvalue weighted by atomic mass is 16.6. The third kappa shape index (κ3) is 6.16. The number of nitro groups is 1. The second kappa shape index (κ2) is 10.2. The van der Waals surface area contributed by atoms with Crippen molar-refractivity contribution >= 4 is 29.8 Å². The Labute approximate surface area is 177 Å². The number of hydrazone groups is 1. The van der Waals surface area contributed by atoms with E-state index in [-0.39, 0.29) is 11.4 Å². The predicted octanol–water partition coefficient (Wildman–Crippen LogP) is 2.91. The first kappa shape index (κ1) is 21.1. The summed E-state index contributed by atoms with van der Waals surface area (Å²) >= 11 is 0. The fourth-order valence-corrected chi connectivity index (χ4v) is 2.47. The number of pyridine rings is 1. The lowest BCUT2D eigenvalue weighted by atomic mass is 10.1. The molecule has 3 rings (SSSR count). The summed E-state index contributed by atoms with van der Waals surface area (Å²) in [4.78, 5) is 39.5. The molecule has 1 heterocycles. The van der Waals surface area contributed by atoms with Crippen molar-refractivity contribution in [1.29, 1.82) is 0 Å². The molecule has 0 saturated carbocycles. The summed E-state index contributed by atoms with van der Waals surface area (Å²) in [6, 6.07) is 19.2. The average molecular weight is 415 g/mol. The van der Waals surface area contributed by atoms with Gasteiger partial charge in [-0.25, -0.2) is 5.43 Å². The van der Waals surface area contributed by atoms with Crippen molar-refractivity contribution in [1.82, 2.24) is 15.7 Å². The van der Waals surface area contributed by atoms with E-state index in [1.54, 1.807) is 54.7 Å². The molecule has 0 aliphatic rings. The Balaban J connectivity index is 1.82. The lowest BCUT2D eigenvalue weighted by Gasteiger charge is -2.09. The highest BCUT2D eigenvalue weighted by Crippen LogP contribution is 2.14. The number of hydrogen-bond acceptors (Lipinski definition) is 6. The van der Waals surface area contributed by atoms with E-state index < -0.39 is 16.7 Å². The quantitative estimate of drug-likeness (QED) is 0.265. The molecule has 2 aromatic carbocycles. The largest absolute Gasteiger partial charge is 0.317 e. The van der Waals surface area contributed by atoms with Crippen molar-refractivity contribution in [2.75, 3.05) is 0 Å². The van der Waals surface area contributed by atoms with Crippen molar-refractivity contribution in [2.45, 2.75) is 0 Å². The van der Waals surface area contributed by atoms with Crippen molar-refractivity contribution in [3.05, 3.63) is 112 Å². The van der Waals surface area contributed by atoms with E-state index >= 15 is 0 Å². The molecule has 9 nitrogen and oxygen atoms in total. The summed E-state index contributed by atoms with van der Waals surface area (Å²) in [5.41, 5.74) is 3.55. The van der Waals surface area contributed by atoms with Crippen LogP contribution in [0.2, 0.25) is 0 Å². The van der Waals surface area contributed by atoms with Gasteiger partial charge in [0, 0.05) is 23.9 Å². The van der Waals surface area contributed by atoms with Gasteiger partial charge in [-0.1, -0.05) is 24.3 Å². The van der Waals surface area contributed by atoms with Crippen LogP contribution in [0.15, 0.2) is 89.8 Å². The van der Waals surface area contributed by atoms with Crippen molar-refractivity contribution in [3.63, 3.8) is 0 Å². The van der Waals surface area contributed by atoms with Crippen LogP contribution in [0.1, 0.15) is 21.6 Å². The van der Waals surface area contributed by atoms with Gasteiger partial charge in [0.05, 0.1) is 16.8 Å². The number of hydrogen-bond donors (Lipinski definition) is 2. The topological polar surface area (TPSA) is 127 Å². The fourth-order valence-electron chi connectivity index (χ4n) is 2.47. The smallest absolute Gasteiger partial charge is 0.287 e. The van der Waals surface area contributed by atoms with Gasteiger partial charge in [-0.2, -0.15) is 5.10 Å². The summed E-state index contributed by atoms with van der Waals surface area (Å²) in [5.74, 6) is -1.16. The normalized spacial score (nSPS) is 11.2. The molecule has 0 unspecified atom stereocenters. The average Bonchev–Trinajstić information content (AvgIpc) is 2.80. The molecular weight excluding hydrogens is 398 g/mol. The zero-order valence-corrected chi connectivity index (χ0v) is 16.1. The molecule has 154 valence electrons. The SMILES string of the molecule is O=C(NN=Cc1ccccn1)C(=Cc1ccc([N+](=O)[O-])cc1)NC(=O)c1ccccc1. The molecule has 0 spiro atoms. The summed E-state index contributed by atoms with van der Waals surface area (Å²) in [5, 5.41) is 17.2. The zero-order chi connectivity index (χ0) is 22.1. The van der Waals surface area contributed by atoms with Crippen molar-refractivity contribution in [3.8, 4) is 0 Å². The van der Waals surface area contributed by atoms with Gasteiger partial charge in [-0.3, -0.25) is 24.7 Å². The Bertz CT molecular complexity index is 1130. The third-order valence-corrected chi connectivity index (χ3v) is 3.99. The van der Waals surface area contributed by atoms with Gasteiger partial charge in [0.25, 0.3) is 17.5 Å². The number of carbonyl (C=O) groups excluding carboxylic acids is 2. The molecule has 0 atom stereocenters. The van der Waals surface area contributed by atoms with E-state index in [1.165, 1.54) is 36.6 Å². The Hall–Kier alpha value is -4.66. The lowest BCUT2D eigenvalue weighted by molar-refractivity contribution is -0.384. The van der Waals surface area contributed by atoms with Gasteiger partial charge >= 0.3 is 0 Å². The number of nitrogens with zero attached hydrogens (tertiary/aromatic N) is 3. The molecule has 1 aromatic heterocycles. The van der Waals surface area contributed by atoms with Crippen LogP contribution in [0.3, 0.4) is 0 Å². The molecule has 0 fully saturated rings. The van der Waals surface area contributed by atoms with Gasteiger partial charge in [-0.05, 0) is 48.0 Å². The summed E-state index contributed by atoms with van der Waals surface area (Å²) in [6.07, 6.45) is 4.35. The van der Waals surface area contributed by atoms with Crippen LogP contribution in [-0.4, -0.2) is 27.9 Å². The maximum absolute atomic E-state index is 12.6. The Kier molecular flexibility index (Phi) is 6.94. The number of non-ortho nitro benzene ring substituents is 1.